The Morgan fingerprint density at radius 1 is 1.50 bits per heavy atom. The second-order valence-corrected chi connectivity index (χ2v) is 4.91. The van der Waals surface area contributed by atoms with Crippen molar-refractivity contribution in [2.75, 3.05) is 19.6 Å². The molecule has 2 N–H and O–H groups in total. The number of benzene rings is 1. The first kappa shape index (κ1) is 15.3. The fourth-order valence-corrected chi connectivity index (χ4v) is 2.25. The molecule has 1 unspecified atom stereocenters. The molecule has 0 spiro atoms. The van der Waals surface area contributed by atoms with Crippen LogP contribution in [0.2, 0.25) is 5.02 Å². The third kappa shape index (κ3) is 4.84. The lowest BCUT2D eigenvalue weighted by molar-refractivity contribution is -0.120. The quantitative estimate of drug-likeness (QED) is 0.890. The molecule has 1 amide bonds. The Morgan fingerprint density at radius 3 is 3.00 bits per heavy atom. The molecule has 0 radical (unpaired) electrons. The van der Waals surface area contributed by atoms with Gasteiger partial charge < -0.3 is 10.6 Å². The highest BCUT2D eigenvalue weighted by Crippen LogP contribution is 2.11. The molecular formula is C13H18Cl2N2O. The number of carbonyl (C=O) groups excluding carboxylic acids is 1. The number of hydrogen-bond donors (Lipinski definition) is 2. The minimum absolute atomic E-state index is 0. The first-order valence-electron chi connectivity index (χ1n) is 5.96. The molecular weight excluding hydrogens is 271 g/mol. The zero-order chi connectivity index (χ0) is 12.1. The van der Waals surface area contributed by atoms with Crippen molar-refractivity contribution in [1.82, 2.24) is 10.6 Å². The van der Waals surface area contributed by atoms with Crippen LogP contribution in [0, 0.1) is 5.92 Å². The molecule has 5 heteroatoms. The summed E-state index contributed by atoms with van der Waals surface area (Å²) in [5.74, 6) is 0.650. The third-order valence-corrected chi connectivity index (χ3v) is 3.24. The molecule has 1 aromatic rings. The molecule has 0 aromatic heterocycles. The van der Waals surface area contributed by atoms with E-state index in [2.05, 4.69) is 10.6 Å². The lowest BCUT2D eigenvalue weighted by atomic mass is 10.1. The Balaban J connectivity index is 0.00000162. The largest absolute Gasteiger partial charge is 0.355 e. The molecule has 2 rings (SSSR count). The van der Waals surface area contributed by atoms with Gasteiger partial charge in [0.05, 0.1) is 6.42 Å². The van der Waals surface area contributed by atoms with Gasteiger partial charge in [-0.25, -0.2) is 0 Å². The normalized spacial score (nSPS) is 18.2. The van der Waals surface area contributed by atoms with Gasteiger partial charge in [-0.05, 0) is 43.1 Å². The van der Waals surface area contributed by atoms with Crippen LogP contribution >= 0.6 is 24.0 Å². The van der Waals surface area contributed by atoms with Crippen LogP contribution in [-0.4, -0.2) is 25.5 Å². The summed E-state index contributed by atoms with van der Waals surface area (Å²) in [5, 5.41) is 6.93. The van der Waals surface area contributed by atoms with Crippen LogP contribution in [0.5, 0.6) is 0 Å². The van der Waals surface area contributed by atoms with E-state index in [4.69, 9.17) is 11.6 Å². The molecule has 1 fully saturated rings. The average molecular weight is 289 g/mol. The van der Waals surface area contributed by atoms with Crippen molar-refractivity contribution in [1.29, 1.82) is 0 Å². The second kappa shape index (κ2) is 7.62. The van der Waals surface area contributed by atoms with Crippen LogP contribution in [0.3, 0.4) is 0 Å². The summed E-state index contributed by atoms with van der Waals surface area (Å²) in [6.07, 6.45) is 1.55. The number of nitrogens with one attached hydrogen (secondary N) is 2. The summed E-state index contributed by atoms with van der Waals surface area (Å²) < 4.78 is 0. The first-order valence-corrected chi connectivity index (χ1v) is 6.33. The maximum absolute atomic E-state index is 11.7. The fraction of sp³-hybridized carbons (Fsp3) is 0.462. The lowest BCUT2D eigenvalue weighted by Crippen LogP contribution is -2.31. The van der Waals surface area contributed by atoms with Crippen molar-refractivity contribution >= 4 is 29.9 Å². The second-order valence-electron chi connectivity index (χ2n) is 4.47. The first-order chi connectivity index (χ1) is 8.24. The van der Waals surface area contributed by atoms with Crippen LogP contribution in [0.4, 0.5) is 0 Å². The molecule has 1 saturated heterocycles. The number of hydrogen-bond acceptors (Lipinski definition) is 2. The highest BCUT2D eigenvalue weighted by atomic mass is 35.5. The van der Waals surface area contributed by atoms with Crippen molar-refractivity contribution in [3.05, 3.63) is 34.9 Å². The van der Waals surface area contributed by atoms with E-state index >= 15 is 0 Å². The number of rotatable bonds is 4. The zero-order valence-electron chi connectivity index (χ0n) is 10.1. The Labute approximate surface area is 119 Å². The zero-order valence-corrected chi connectivity index (χ0v) is 11.7. The van der Waals surface area contributed by atoms with Gasteiger partial charge in [0.1, 0.15) is 0 Å². The smallest absolute Gasteiger partial charge is 0.224 e. The lowest BCUT2D eigenvalue weighted by Gasteiger charge is -2.10. The highest BCUT2D eigenvalue weighted by molar-refractivity contribution is 6.30. The van der Waals surface area contributed by atoms with Crippen LogP contribution in [-0.2, 0) is 11.2 Å². The van der Waals surface area contributed by atoms with Gasteiger partial charge in [0.15, 0.2) is 0 Å². The summed E-state index contributed by atoms with van der Waals surface area (Å²) in [6, 6.07) is 7.43. The van der Waals surface area contributed by atoms with Crippen LogP contribution in [0.1, 0.15) is 12.0 Å². The molecule has 1 aliphatic heterocycles. The van der Waals surface area contributed by atoms with Crippen LogP contribution in [0.25, 0.3) is 0 Å². The van der Waals surface area contributed by atoms with E-state index in [1.54, 1.807) is 0 Å². The predicted octanol–water partition coefficient (Wildman–Crippen LogP) is 2.03. The molecule has 18 heavy (non-hydrogen) atoms. The SMILES string of the molecule is Cl.O=C(Cc1cccc(Cl)c1)NCC1CCNC1. The molecule has 1 aromatic carbocycles. The standard InChI is InChI=1S/C13H17ClN2O.ClH/c14-12-3-1-2-10(6-12)7-13(17)16-9-11-4-5-15-8-11;/h1-3,6,11,15H,4-5,7-9H2,(H,16,17);1H. The molecule has 0 aliphatic carbocycles. The van der Waals surface area contributed by atoms with E-state index in [0.717, 1.165) is 31.6 Å². The topological polar surface area (TPSA) is 41.1 Å². The molecule has 0 bridgehead atoms. The molecule has 1 heterocycles. The summed E-state index contributed by atoms with van der Waals surface area (Å²) in [6.45, 7) is 2.85. The van der Waals surface area contributed by atoms with Gasteiger partial charge in [-0.1, -0.05) is 23.7 Å². The monoisotopic (exact) mass is 288 g/mol. The molecule has 3 nitrogen and oxygen atoms in total. The van der Waals surface area contributed by atoms with Crippen molar-refractivity contribution in [3.63, 3.8) is 0 Å². The van der Waals surface area contributed by atoms with Gasteiger partial charge in [-0.2, -0.15) is 0 Å². The van der Waals surface area contributed by atoms with Gasteiger partial charge >= 0.3 is 0 Å². The Bertz CT molecular complexity index is 392. The maximum atomic E-state index is 11.7. The summed E-state index contributed by atoms with van der Waals surface area (Å²) in [4.78, 5) is 11.7. The van der Waals surface area contributed by atoms with E-state index in [0.29, 0.717) is 17.4 Å². The van der Waals surface area contributed by atoms with Gasteiger partial charge in [0, 0.05) is 11.6 Å². The molecule has 100 valence electrons. The summed E-state index contributed by atoms with van der Waals surface area (Å²) in [5.41, 5.74) is 0.958. The van der Waals surface area contributed by atoms with E-state index in [-0.39, 0.29) is 18.3 Å². The van der Waals surface area contributed by atoms with Gasteiger partial charge in [0.2, 0.25) is 5.91 Å². The van der Waals surface area contributed by atoms with Crippen molar-refractivity contribution in [2.45, 2.75) is 12.8 Å². The van der Waals surface area contributed by atoms with Gasteiger partial charge in [0.25, 0.3) is 0 Å². The van der Waals surface area contributed by atoms with Crippen molar-refractivity contribution in [3.8, 4) is 0 Å². The van der Waals surface area contributed by atoms with E-state index in [9.17, 15) is 4.79 Å². The van der Waals surface area contributed by atoms with Gasteiger partial charge in [-0.15, -0.1) is 12.4 Å². The van der Waals surface area contributed by atoms with E-state index in [1.165, 1.54) is 0 Å². The number of carbonyl (C=O) groups is 1. The summed E-state index contributed by atoms with van der Waals surface area (Å²) in [7, 11) is 0. The van der Waals surface area contributed by atoms with E-state index in [1.807, 2.05) is 24.3 Å². The summed E-state index contributed by atoms with van der Waals surface area (Å²) >= 11 is 5.87. The Hall–Kier alpha value is -0.770. The number of amides is 1. The van der Waals surface area contributed by atoms with Gasteiger partial charge in [-0.3, -0.25) is 4.79 Å². The molecule has 1 aliphatic rings. The Morgan fingerprint density at radius 2 is 2.33 bits per heavy atom. The Kier molecular flexibility index (Phi) is 6.47. The molecule has 1 atom stereocenters. The van der Waals surface area contributed by atoms with Crippen molar-refractivity contribution in [2.24, 2.45) is 5.92 Å². The minimum atomic E-state index is 0. The van der Waals surface area contributed by atoms with E-state index < -0.39 is 0 Å². The third-order valence-electron chi connectivity index (χ3n) is 3.00. The fourth-order valence-electron chi connectivity index (χ4n) is 2.04. The highest BCUT2D eigenvalue weighted by Gasteiger charge is 2.15. The average Bonchev–Trinajstić information content (AvgIpc) is 2.79. The van der Waals surface area contributed by atoms with Crippen molar-refractivity contribution < 1.29 is 4.79 Å². The van der Waals surface area contributed by atoms with Crippen LogP contribution in [0.15, 0.2) is 24.3 Å². The van der Waals surface area contributed by atoms with Crippen LogP contribution < -0.4 is 10.6 Å². The molecule has 0 saturated carbocycles. The predicted molar refractivity (Wildman–Crippen MR) is 76.4 cm³/mol. The minimum Gasteiger partial charge on any atom is -0.355 e. The maximum Gasteiger partial charge on any atom is 0.224 e. The number of halogens is 2.